The van der Waals surface area contributed by atoms with Gasteiger partial charge in [0.15, 0.2) is 0 Å². The van der Waals surface area contributed by atoms with E-state index >= 15 is 0 Å². The molecule has 3 nitrogen and oxygen atoms in total. The third-order valence-corrected chi connectivity index (χ3v) is 1.98. The maximum atomic E-state index is 9.44. The van der Waals surface area contributed by atoms with Gasteiger partial charge in [-0.05, 0) is 25.5 Å². The molecular weight excluding hydrogens is 164 g/mol. The zero-order valence-electron chi connectivity index (χ0n) is 8.13. The lowest BCUT2D eigenvalue weighted by Crippen LogP contribution is -1.99. The van der Waals surface area contributed by atoms with Crippen LogP contribution in [0.2, 0.25) is 0 Å². The number of rotatable bonds is 2. The Bertz CT molecular complexity index is 332. The van der Waals surface area contributed by atoms with E-state index < -0.39 is 0 Å². The van der Waals surface area contributed by atoms with Crippen LogP contribution in [0.3, 0.4) is 0 Å². The SMILES string of the molecule is CN=CNc1c(C)ccc(O)c1C. The molecule has 0 bridgehead atoms. The maximum Gasteiger partial charge on any atom is 0.120 e. The monoisotopic (exact) mass is 178 g/mol. The molecule has 0 spiro atoms. The van der Waals surface area contributed by atoms with Crippen molar-refractivity contribution in [3.05, 3.63) is 23.3 Å². The number of benzene rings is 1. The van der Waals surface area contributed by atoms with E-state index in [1.165, 1.54) is 0 Å². The summed E-state index contributed by atoms with van der Waals surface area (Å²) in [5.74, 6) is 0.303. The van der Waals surface area contributed by atoms with Gasteiger partial charge >= 0.3 is 0 Å². The summed E-state index contributed by atoms with van der Waals surface area (Å²) in [6, 6.07) is 3.56. The molecule has 0 aliphatic rings. The van der Waals surface area contributed by atoms with E-state index in [2.05, 4.69) is 10.3 Å². The van der Waals surface area contributed by atoms with Gasteiger partial charge in [0, 0.05) is 18.3 Å². The number of aryl methyl sites for hydroxylation is 1. The second-order valence-corrected chi connectivity index (χ2v) is 2.93. The van der Waals surface area contributed by atoms with E-state index in [0.717, 1.165) is 16.8 Å². The van der Waals surface area contributed by atoms with Crippen molar-refractivity contribution in [2.75, 3.05) is 12.4 Å². The first-order chi connectivity index (χ1) is 6.16. The summed E-state index contributed by atoms with van der Waals surface area (Å²) in [5.41, 5.74) is 2.86. The molecule has 0 fully saturated rings. The zero-order chi connectivity index (χ0) is 9.84. The summed E-state index contributed by atoms with van der Waals surface area (Å²) in [5, 5.41) is 12.5. The molecule has 0 aliphatic heterocycles. The lowest BCUT2D eigenvalue weighted by Gasteiger charge is -2.09. The van der Waals surface area contributed by atoms with Crippen LogP contribution in [-0.4, -0.2) is 18.5 Å². The average Bonchev–Trinajstić information content (AvgIpc) is 2.12. The molecule has 1 aromatic carbocycles. The van der Waals surface area contributed by atoms with Crippen LogP contribution in [0.25, 0.3) is 0 Å². The zero-order valence-corrected chi connectivity index (χ0v) is 8.13. The molecule has 1 rings (SSSR count). The Morgan fingerprint density at radius 3 is 2.69 bits per heavy atom. The highest BCUT2D eigenvalue weighted by Crippen LogP contribution is 2.27. The second kappa shape index (κ2) is 3.94. The predicted molar refractivity (Wildman–Crippen MR) is 55.6 cm³/mol. The van der Waals surface area contributed by atoms with Crippen LogP contribution in [-0.2, 0) is 0 Å². The van der Waals surface area contributed by atoms with Crippen molar-refractivity contribution in [2.45, 2.75) is 13.8 Å². The Kier molecular flexibility index (Phi) is 2.90. The predicted octanol–water partition coefficient (Wildman–Crippen LogP) is 2.08. The second-order valence-electron chi connectivity index (χ2n) is 2.93. The van der Waals surface area contributed by atoms with Gasteiger partial charge in [0.05, 0.1) is 6.34 Å². The molecule has 1 aromatic rings. The number of nitrogens with zero attached hydrogens (tertiary/aromatic N) is 1. The fraction of sp³-hybridized carbons (Fsp3) is 0.300. The number of anilines is 1. The molecule has 0 saturated heterocycles. The largest absolute Gasteiger partial charge is 0.508 e. The first kappa shape index (κ1) is 9.58. The smallest absolute Gasteiger partial charge is 0.120 e. The molecule has 70 valence electrons. The first-order valence-corrected chi connectivity index (χ1v) is 4.13. The van der Waals surface area contributed by atoms with Gasteiger partial charge in [-0.1, -0.05) is 6.07 Å². The van der Waals surface area contributed by atoms with Gasteiger partial charge in [-0.25, -0.2) is 0 Å². The molecule has 3 heteroatoms. The Morgan fingerprint density at radius 2 is 2.08 bits per heavy atom. The van der Waals surface area contributed by atoms with E-state index in [1.807, 2.05) is 19.9 Å². The highest BCUT2D eigenvalue weighted by molar-refractivity contribution is 5.80. The highest BCUT2D eigenvalue weighted by Gasteiger charge is 2.04. The van der Waals surface area contributed by atoms with Crippen molar-refractivity contribution in [1.82, 2.24) is 0 Å². The average molecular weight is 178 g/mol. The van der Waals surface area contributed by atoms with Gasteiger partial charge < -0.3 is 10.4 Å². The maximum absolute atomic E-state index is 9.44. The molecule has 2 N–H and O–H groups in total. The van der Waals surface area contributed by atoms with Gasteiger partial charge in [0.1, 0.15) is 5.75 Å². The van der Waals surface area contributed by atoms with Crippen LogP contribution in [0.1, 0.15) is 11.1 Å². The van der Waals surface area contributed by atoms with E-state index in [4.69, 9.17) is 0 Å². The minimum atomic E-state index is 0.303. The molecule has 0 unspecified atom stereocenters. The molecule has 13 heavy (non-hydrogen) atoms. The number of phenols is 1. The number of hydrogen-bond donors (Lipinski definition) is 2. The summed E-state index contributed by atoms with van der Waals surface area (Å²) in [6.07, 6.45) is 1.61. The highest BCUT2D eigenvalue weighted by atomic mass is 16.3. The molecule has 0 aliphatic carbocycles. The van der Waals surface area contributed by atoms with Crippen LogP contribution < -0.4 is 5.32 Å². The van der Waals surface area contributed by atoms with Crippen LogP contribution in [0.5, 0.6) is 5.75 Å². The van der Waals surface area contributed by atoms with Crippen molar-refractivity contribution in [2.24, 2.45) is 4.99 Å². The summed E-state index contributed by atoms with van der Waals surface area (Å²) < 4.78 is 0. The van der Waals surface area contributed by atoms with Crippen LogP contribution in [0.4, 0.5) is 5.69 Å². The van der Waals surface area contributed by atoms with Crippen molar-refractivity contribution >= 4 is 12.0 Å². The van der Waals surface area contributed by atoms with Crippen LogP contribution in [0, 0.1) is 13.8 Å². The number of nitrogens with one attached hydrogen (secondary N) is 1. The number of aromatic hydroxyl groups is 1. The van der Waals surface area contributed by atoms with Crippen LogP contribution >= 0.6 is 0 Å². The minimum Gasteiger partial charge on any atom is -0.508 e. The molecule has 0 saturated carbocycles. The lowest BCUT2D eigenvalue weighted by atomic mass is 10.1. The fourth-order valence-corrected chi connectivity index (χ4v) is 1.19. The van der Waals surface area contributed by atoms with Crippen LogP contribution in [0.15, 0.2) is 17.1 Å². The van der Waals surface area contributed by atoms with E-state index in [1.54, 1.807) is 19.5 Å². The fourth-order valence-electron chi connectivity index (χ4n) is 1.19. The molecular formula is C10H14N2O. The quantitative estimate of drug-likeness (QED) is 0.538. The summed E-state index contributed by atoms with van der Waals surface area (Å²) in [6.45, 7) is 3.85. The van der Waals surface area contributed by atoms with Crippen molar-refractivity contribution < 1.29 is 5.11 Å². The molecule has 0 amide bonds. The van der Waals surface area contributed by atoms with Gasteiger partial charge in [-0.15, -0.1) is 0 Å². The van der Waals surface area contributed by atoms with E-state index in [-0.39, 0.29) is 0 Å². The van der Waals surface area contributed by atoms with E-state index in [9.17, 15) is 5.11 Å². The molecule has 0 aromatic heterocycles. The van der Waals surface area contributed by atoms with Gasteiger partial charge in [-0.2, -0.15) is 0 Å². The first-order valence-electron chi connectivity index (χ1n) is 4.13. The number of phenolic OH excluding ortho intramolecular Hbond substituents is 1. The minimum absolute atomic E-state index is 0.303. The normalized spacial score (nSPS) is 10.7. The molecule has 0 heterocycles. The summed E-state index contributed by atoms with van der Waals surface area (Å²) >= 11 is 0. The van der Waals surface area contributed by atoms with Crippen molar-refractivity contribution in [3.63, 3.8) is 0 Å². The Morgan fingerprint density at radius 1 is 1.38 bits per heavy atom. The summed E-state index contributed by atoms with van der Waals surface area (Å²) in [7, 11) is 1.69. The third-order valence-electron chi connectivity index (χ3n) is 1.98. The Labute approximate surface area is 78.1 Å². The number of hydrogen-bond acceptors (Lipinski definition) is 2. The van der Waals surface area contributed by atoms with E-state index in [0.29, 0.717) is 5.75 Å². The third kappa shape index (κ3) is 1.99. The molecule has 0 radical (unpaired) electrons. The lowest BCUT2D eigenvalue weighted by molar-refractivity contribution is 0.471. The standard InChI is InChI=1S/C10H14N2O/c1-7-4-5-9(13)8(2)10(7)12-6-11-3/h4-6,13H,1-3H3,(H,11,12). The van der Waals surface area contributed by atoms with Crippen molar-refractivity contribution in [1.29, 1.82) is 0 Å². The molecule has 0 atom stereocenters. The Hall–Kier alpha value is -1.51. The topological polar surface area (TPSA) is 44.6 Å². The Balaban J connectivity index is 3.09. The van der Waals surface area contributed by atoms with Gasteiger partial charge in [0.2, 0.25) is 0 Å². The van der Waals surface area contributed by atoms with Gasteiger partial charge in [0.25, 0.3) is 0 Å². The van der Waals surface area contributed by atoms with Crippen molar-refractivity contribution in [3.8, 4) is 5.75 Å². The van der Waals surface area contributed by atoms with Gasteiger partial charge in [-0.3, -0.25) is 4.99 Å². The number of aliphatic imine (C=N–C) groups is 1. The summed E-state index contributed by atoms with van der Waals surface area (Å²) in [4.78, 5) is 3.83.